The van der Waals surface area contributed by atoms with Gasteiger partial charge >= 0.3 is 5.97 Å². The zero-order valence-corrected chi connectivity index (χ0v) is 19.2. The van der Waals surface area contributed by atoms with Gasteiger partial charge in [0.2, 0.25) is 5.91 Å². The molecular weight excluding hydrogens is 452 g/mol. The lowest BCUT2D eigenvalue weighted by Crippen LogP contribution is -2.15. The molecule has 9 heteroatoms. The first-order valence-electron chi connectivity index (χ1n) is 9.21. The summed E-state index contributed by atoms with van der Waals surface area (Å²) in [5.74, 6) is 0.202. The van der Waals surface area contributed by atoms with E-state index in [-0.39, 0.29) is 11.7 Å². The van der Waals surface area contributed by atoms with Gasteiger partial charge in [0.25, 0.3) is 0 Å². The first kappa shape index (κ1) is 21.4. The summed E-state index contributed by atoms with van der Waals surface area (Å²) in [6.45, 7) is 0. The van der Waals surface area contributed by atoms with Gasteiger partial charge in [0, 0.05) is 10.9 Å². The van der Waals surface area contributed by atoms with Gasteiger partial charge in [-0.05, 0) is 29.8 Å². The number of nitrogens with zero attached hydrogens (tertiary/aromatic N) is 1. The maximum atomic E-state index is 12.6. The predicted octanol–water partition coefficient (Wildman–Crippen LogP) is 5.55. The molecule has 1 amide bonds. The number of aromatic nitrogens is 1. The number of hydrogen-bond acceptors (Lipinski definition) is 8. The molecule has 0 spiro atoms. The van der Waals surface area contributed by atoms with Gasteiger partial charge in [-0.3, -0.25) is 4.79 Å². The summed E-state index contributed by atoms with van der Waals surface area (Å²) in [6, 6.07) is 15.2. The minimum absolute atomic E-state index is 0.191. The number of fused-ring (bicyclic) bond motifs is 1. The molecule has 0 aliphatic heterocycles. The molecule has 0 unspecified atom stereocenters. The molecule has 4 rings (SSSR count). The smallest absolute Gasteiger partial charge is 0.341 e. The molecule has 0 fully saturated rings. The average Bonchev–Trinajstić information content (AvgIpc) is 3.41. The van der Waals surface area contributed by atoms with Crippen LogP contribution in [0.25, 0.3) is 21.3 Å². The van der Waals surface area contributed by atoms with E-state index >= 15 is 0 Å². The molecule has 0 atom stereocenters. The van der Waals surface area contributed by atoms with Crippen molar-refractivity contribution in [2.24, 2.45) is 0 Å². The van der Waals surface area contributed by atoms with E-state index in [9.17, 15) is 9.59 Å². The van der Waals surface area contributed by atoms with E-state index in [0.717, 1.165) is 25.9 Å². The Morgan fingerprint density at radius 1 is 1.10 bits per heavy atom. The summed E-state index contributed by atoms with van der Waals surface area (Å²) in [7, 11) is 2.92. The predicted molar refractivity (Wildman–Crippen MR) is 127 cm³/mol. The minimum atomic E-state index is -0.499. The second kappa shape index (κ2) is 9.51. The van der Waals surface area contributed by atoms with Gasteiger partial charge in [-0.25, -0.2) is 9.78 Å². The minimum Gasteiger partial charge on any atom is -0.497 e. The number of thiophene rings is 1. The number of benzene rings is 2. The monoisotopic (exact) mass is 470 g/mol. The van der Waals surface area contributed by atoms with E-state index in [0.29, 0.717) is 16.1 Å². The number of methoxy groups -OCH3 is 2. The van der Waals surface area contributed by atoms with Crippen molar-refractivity contribution in [3.8, 4) is 16.9 Å². The van der Waals surface area contributed by atoms with E-state index in [4.69, 9.17) is 9.47 Å². The van der Waals surface area contributed by atoms with Gasteiger partial charge < -0.3 is 14.8 Å². The molecule has 31 heavy (non-hydrogen) atoms. The van der Waals surface area contributed by atoms with Crippen molar-refractivity contribution in [3.63, 3.8) is 0 Å². The SMILES string of the molecule is COC(=O)c1c(-c2ccc(OC)cc2)csc1NC(=O)CSc1nc2ccccc2s1. The summed E-state index contributed by atoms with van der Waals surface area (Å²) >= 11 is 4.21. The molecule has 0 bridgehead atoms. The maximum absolute atomic E-state index is 12.6. The molecule has 0 aliphatic carbocycles. The highest BCUT2D eigenvalue weighted by atomic mass is 32.2. The number of nitrogens with one attached hydrogen (secondary N) is 1. The van der Waals surface area contributed by atoms with Crippen LogP contribution in [-0.4, -0.2) is 36.8 Å². The van der Waals surface area contributed by atoms with Crippen molar-refractivity contribution in [3.05, 3.63) is 59.5 Å². The number of esters is 1. The van der Waals surface area contributed by atoms with Crippen molar-refractivity contribution >= 4 is 61.5 Å². The fourth-order valence-electron chi connectivity index (χ4n) is 2.94. The second-order valence-electron chi connectivity index (χ2n) is 6.36. The van der Waals surface area contributed by atoms with Gasteiger partial charge in [-0.15, -0.1) is 22.7 Å². The van der Waals surface area contributed by atoms with E-state index in [1.165, 1.54) is 30.2 Å². The summed E-state index contributed by atoms with van der Waals surface area (Å²) in [6.07, 6.45) is 0. The van der Waals surface area contributed by atoms with Crippen LogP contribution in [0.5, 0.6) is 5.75 Å². The summed E-state index contributed by atoms with van der Waals surface area (Å²) in [5, 5.41) is 5.16. The molecule has 4 aromatic rings. The largest absolute Gasteiger partial charge is 0.497 e. The zero-order valence-electron chi connectivity index (χ0n) is 16.7. The number of rotatable bonds is 7. The van der Waals surface area contributed by atoms with Gasteiger partial charge in [-0.2, -0.15) is 0 Å². The Kier molecular flexibility index (Phi) is 6.55. The number of ether oxygens (including phenoxy) is 2. The number of thioether (sulfide) groups is 1. The van der Waals surface area contributed by atoms with Crippen LogP contribution in [0, 0.1) is 0 Å². The Hall–Kier alpha value is -2.88. The molecule has 158 valence electrons. The average molecular weight is 471 g/mol. The van der Waals surface area contributed by atoms with Crippen LogP contribution >= 0.6 is 34.4 Å². The molecule has 2 heterocycles. The molecule has 0 radical (unpaired) electrons. The fourth-order valence-corrected chi connectivity index (χ4v) is 5.78. The van der Waals surface area contributed by atoms with E-state index < -0.39 is 5.97 Å². The van der Waals surface area contributed by atoms with E-state index in [1.807, 2.05) is 53.9 Å². The summed E-state index contributed by atoms with van der Waals surface area (Å²) < 4.78 is 12.1. The van der Waals surface area contributed by atoms with Crippen LogP contribution in [0.2, 0.25) is 0 Å². The third-order valence-electron chi connectivity index (χ3n) is 4.44. The number of hydrogen-bond donors (Lipinski definition) is 1. The van der Waals surface area contributed by atoms with E-state index in [2.05, 4.69) is 10.3 Å². The van der Waals surface area contributed by atoms with Crippen molar-refractivity contribution in [1.82, 2.24) is 4.98 Å². The molecular formula is C22H18N2O4S3. The van der Waals surface area contributed by atoms with Crippen molar-refractivity contribution in [2.45, 2.75) is 4.34 Å². The number of thiazole rings is 1. The van der Waals surface area contributed by atoms with Gasteiger partial charge in [0.15, 0.2) is 4.34 Å². The topological polar surface area (TPSA) is 77.5 Å². The number of para-hydroxylation sites is 1. The van der Waals surface area contributed by atoms with Gasteiger partial charge in [-0.1, -0.05) is 36.0 Å². The Bertz CT molecular complexity index is 1200. The molecule has 0 saturated heterocycles. The number of carbonyl (C=O) groups excluding carboxylic acids is 2. The normalized spacial score (nSPS) is 10.8. The fraction of sp³-hybridized carbons (Fsp3) is 0.136. The van der Waals surface area contributed by atoms with Crippen LogP contribution in [0.15, 0.2) is 58.3 Å². The lowest BCUT2D eigenvalue weighted by Gasteiger charge is -2.08. The van der Waals surface area contributed by atoms with Crippen molar-refractivity contribution < 1.29 is 19.1 Å². The van der Waals surface area contributed by atoms with E-state index in [1.54, 1.807) is 18.4 Å². The number of anilines is 1. The molecule has 1 N–H and O–H groups in total. The van der Waals surface area contributed by atoms with Crippen molar-refractivity contribution in [1.29, 1.82) is 0 Å². The first-order chi connectivity index (χ1) is 15.1. The quantitative estimate of drug-likeness (QED) is 0.282. The standard InChI is InChI=1S/C22H18N2O4S3/c1-27-14-9-7-13(8-10-14)15-11-29-20(19(15)21(26)28-2)24-18(25)12-30-22-23-16-5-3-4-6-17(16)31-22/h3-11H,12H2,1-2H3,(H,24,25). The van der Waals surface area contributed by atoms with Crippen LogP contribution in [-0.2, 0) is 9.53 Å². The van der Waals surface area contributed by atoms with Gasteiger partial charge in [0.1, 0.15) is 16.3 Å². The maximum Gasteiger partial charge on any atom is 0.341 e. The zero-order chi connectivity index (χ0) is 21.8. The molecule has 2 aromatic heterocycles. The highest BCUT2D eigenvalue weighted by Gasteiger charge is 2.22. The molecule has 0 saturated carbocycles. The Labute approximate surface area is 191 Å². The third kappa shape index (κ3) is 4.73. The summed E-state index contributed by atoms with van der Waals surface area (Å²) in [4.78, 5) is 29.6. The molecule has 6 nitrogen and oxygen atoms in total. The van der Waals surface area contributed by atoms with Crippen LogP contribution < -0.4 is 10.1 Å². The second-order valence-corrected chi connectivity index (χ2v) is 9.49. The lowest BCUT2D eigenvalue weighted by atomic mass is 10.0. The first-order valence-corrected chi connectivity index (χ1v) is 11.9. The Morgan fingerprint density at radius 3 is 2.58 bits per heavy atom. The Balaban J connectivity index is 1.50. The van der Waals surface area contributed by atoms with Gasteiger partial charge in [0.05, 0.1) is 30.2 Å². The number of carbonyl (C=O) groups is 2. The number of amides is 1. The van der Waals surface area contributed by atoms with Crippen LogP contribution in [0.3, 0.4) is 0 Å². The Morgan fingerprint density at radius 2 is 1.87 bits per heavy atom. The third-order valence-corrected chi connectivity index (χ3v) is 7.51. The molecule has 2 aromatic carbocycles. The molecule has 0 aliphatic rings. The van der Waals surface area contributed by atoms with Crippen LogP contribution in [0.1, 0.15) is 10.4 Å². The summed E-state index contributed by atoms with van der Waals surface area (Å²) in [5.41, 5.74) is 2.80. The lowest BCUT2D eigenvalue weighted by molar-refractivity contribution is -0.113. The van der Waals surface area contributed by atoms with Crippen LogP contribution in [0.4, 0.5) is 5.00 Å². The van der Waals surface area contributed by atoms with Crippen molar-refractivity contribution in [2.75, 3.05) is 25.3 Å². The highest BCUT2D eigenvalue weighted by molar-refractivity contribution is 8.01. The highest BCUT2D eigenvalue weighted by Crippen LogP contribution is 2.37.